The van der Waals surface area contributed by atoms with Gasteiger partial charge in [0.15, 0.2) is 15.9 Å². The third-order valence-corrected chi connectivity index (χ3v) is 6.17. The Hall–Kier alpha value is -2.60. The van der Waals surface area contributed by atoms with E-state index in [0.717, 1.165) is 11.1 Å². The van der Waals surface area contributed by atoms with Crippen molar-refractivity contribution in [3.05, 3.63) is 60.2 Å². The van der Waals surface area contributed by atoms with Gasteiger partial charge in [0.25, 0.3) is 5.91 Å². The quantitative estimate of drug-likeness (QED) is 0.808. The number of carbonyl (C=O) groups is 1. The highest BCUT2D eigenvalue weighted by molar-refractivity contribution is 7.91. The first kappa shape index (κ1) is 18.2. The summed E-state index contributed by atoms with van der Waals surface area (Å²) < 4.78 is 30.1. The van der Waals surface area contributed by atoms with E-state index in [1.54, 1.807) is 30.9 Å². The molecule has 0 radical (unpaired) electrons. The number of amides is 1. The van der Waals surface area contributed by atoms with Gasteiger partial charge in [0, 0.05) is 0 Å². The van der Waals surface area contributed by atoms with Gasteiger partial charge in [-0.1, -0.05) is 43.8 Å². The first-order valence-electron chi connectivity index (χ1n) is 8.42. The zero-order valence-electron chi connectivity index (χ0n) is 14.8. The van der Waals surface area contributed by atoms with Crippen molar-refractivity contribution in [3.8, 4) is 5.75 Å². The molecule has 1 aliphatic rings. The highest BCUT2D eigenvalue weighted by Gasteiger charge is 2.32. The fourth-order valence-electron chi connectivity index (χ4n) is 2.85. The molecular weight excluding hydrogens is 350 g/mol. The summed E-state index contributed by atoms with van der Waals surface area (Å²) in [6.07, 6.45) is 1.13. The van der Waals surface area contributed by atoms with E-state index >= 15 is 0 Å². The van der Waals surface area contributed by atoms with Crippen LogP contribution in [0.3, 0.4) is 0 Å². The lowest BCUT2D eigenvalue weighted by atomic mass is 10.1. The number of hydrogen-bond donors (Lipinski definition) is 0. The smallest absolute Gasteiger partial charge is 0.268 e. The molecule has 0 bridgehead atoms. The number of carbonyl (C=O) groups excluding carboxylic acids is 1. The second-order valence-electron chi connectivity index (χ2n) is 6.16. The second kappa shape index (κ2) is 6.96. The molecule has 136 valence electrons. The highest BCUT2D eigenvalue weighted by atomic mass is 32.2. The van der Waals surface area contributed by atoms with Crippen LogP contribution >= 0.6 is 0 Å². The Morgan fingerprint density at radius 2 is 1.88 bits per heavy atom. The van der Waals surface area contributed by atoms with Crippen LogP contribution in [0, 0.1) is 0 Å². The number of benzene rings is 2. The lowest BCUT2D eigenvalue weighted by molar-refractivity contribution is -0.125. The Labute approximate surface area is 153 Å². The molecule has 2 aromatic carbocycles. The van der Waals surface area contributed by atoms with Crippen molar-refractivity contribution >= 4 is 27.5 Å². The average Bonchev–Trinajstić information content (AvgIpc) is 2.65. The summed E-state index contributed by atoms with van der Waals surface area (Å²) in [5.74, 6) is 0.311. The zero-order chi connectivity index (χ0) is 18.9. The molecule has 1 aliphatic heterocycles. The molecule has 26 heavy (non-hydrogen) atoms. The van der Waals surface area contributed by atoms with Crippen LogP contribution in [-0.2, 0) is 21.2 Å². The van der Waals surface area contributed by atoms with Gasteiger partial charge in [0.05, 0.1) is 22.9 Å². The van der Waals surface area contributed by atoms with E-state index in [4.69, 9.17) is 4.74 Å². The van der Waals surface area contributed by atoms with E-state index in [-0.39, 0.29) is 16.6 Å². The fraction of sp³-hybridized carbons (Fsp3) is 0.250. The SMILES string of the molecule is C=Cc1ccc(CN2C(=O)C(C)Oc3ccc(S(=O)(=O)CC)cc32)cc1. The third kappa shape index (κ3) is 3.37. The Bertz CT molecular complexity index is 948. The van der Waals surface area contributed by atoms with Crippen molar-refractivity contribution in [1.82, 2.24) is 0 Å². The summed E-state index contributed by atoms with van der Waals surface area (Å²) in [6.45, 7) is 7.36. The number of fused-ring (bicyclic) bond motifs is 1. The van der Waals surface area contributed by atoms with E-state index in [2.05, 4.69) is 6.58 Å². The average molecular weight is 371 g/mol. The van der Waals surface area contributed by atoms with E-state index < -0.39 is 15.9 Å². The van der Waals surface area contributed by atoms with Crippen LogP contribution in [0.1, 0.15) is 25.0 Å². The van der Waals surface area contributed by atoms with E-state index in [0.29, 0.717) is 18.0 Å². The Morgan fingerprint density at radius 1 is 1.19 bits per heavy atom. The molecule has 2 aromatic rings. The molecule has 0 fully saturated rings. The molecule has 0 aromatic heterocycles. The van der Waals surface area contributed by atoms with Crippen LogP contribution in [0.5, 0.6) is 5.75 Å². The molecule has 1 atom stereocenters. The van der Waals surface area contributed by atoms with Crippen molar-refractivity contribution in [2.75, 3.05) is 10.7 Å². The molecule has 3 rings (SSSR count). The molecule has 0 aliphatic carbocycles. The van der Waals surface area contributed by atoms with Gasteiger partial charge in [0.1, 0.15) is 5.75 Å². The van der Waals surface area contributed by atoms with Crippen LogP contribution in [0.2, 0.25) is 0 Å². The van der Waals surface area contributed by atoms with Crippen LogP contribution in [0.25, 0.3) is 6.08 Å². The number of ether oxygens (including phenoxy) is 1. The number of nitrogens with zero attached hydrogens (tertiary/aromatic N) is 1. The maximum atomic E-state index is 12.7. The Kier molecular flexibility index (Phi) is 4.87. The van der Waals surface area contributed by atoms with Crippen molar-refractivity contribution < 1.29 is 17.9 Å². The van der Waals surface area contributed by atoms with E-state index in [1.165, 1.54) is 12.1 Å². The summed E-state index contributed by atoms with van der Waals surface area (Å²) in [5, 5.41) is 0. The second-order valence-corrected chi connectivity index (χ2v) is 8.44. The maximum Gasteiger partial charge on any atom is 0.268 e. The number of rotatable bonds is 5. The predicted molar refractivity (Wildman–Crippen MR) is 102 cm³/mol. The van der Waals surface area contributed by atoms with E-state index in [1.807, 2.05) is 24.3 Å². The molecule has 5 nitrogen and oxygen atoms in total. The summed E-state index contributed by atoms with van der Waals surface area (Å²) in [7, 11) is -3.37. The van der Waals surface area contributed by atoms with Gasteiger partial charge in [-0.15, -0.1) is 0 Å². The molecule has 0 saturated heterocycles. The predicted octanol–water partition coefficient (Wildman–Crippen LogP) is 3.44. The molecule has 0 N–H and O–H groups in total. The summed E-state index contributed by atoms with van der Waals surface area (Å²) in [5.41, 5.74) is 2.41. The number of sulfone groups is 1. The normalized spacial score (nSPS) is 16.8. The van der Waals surface area contributed by atoms with Gasteiger partial charge in [-0.05, 0) is 36.2 Å². The van der Waals surface area contributed by atoms with Crippen molar-refractivity contribution in [2.24, 2.45) is 0 Å². The standard InChI is InChI=1S/C20H21NO4S/c1-4-15-6-8-16(9-7-15)13-21-18-12-17(26(23,24)5-2)10-11-19(18)25-14(3)20(21)22/h4,6-12,14H,1,5,13H2,2-3H3. The van der Waals surface area contributed by atoms with Gasteiger partial charge in [-0.3, -0.25) is 4.79 Å². The number of hydrogen-bond acceptors (Lipinski definition) is 4. The Morgan fingerprint density at radius 3 is 2.50 bits per heavy atom. The minimum atomic E-state index is -3.37. The van der Waals surface area contributed by atoms with Crippen LogP contribution < -0.4 is 9.64 Å². The van der Waals surface area contributed by atoms with Crippen molar-refractivity contribution in [2.45, 2.75) is 31.4 Å². The molecule has 6 heteroatoms. The molecule has 1 heterocycles. The monoisotopic (exact) mass is 371 g/mol. The topological polar surface area (TPSA) is 63.7 Å². The largest absolute Gasteiger partial charge is 0.479 e. The van der Waals surface area contributed by atoms with Crippen molar-refractivity contribution in [1.29, 1.82) is 0 Å². The zero-order valence-corrected chi connectivity index (χ0v) is 15.6. The van der Waals surface area contributed by atoms with Gasteiger partial charge < -0.3 is 9.64 Å². The van der Waals surface area contributed by atoms with Gasteiger partial charge >= 0.3 is 0 Å². The first-order chi connectivity index (χ1) is 12.4. The minimum Gasteiger partial charge on any atom is -0.479 e. The maximum absolute atomic E-state index is 12.7. The molecule has 1 amide bonds. The Balaban J connectivity index is 2.02. The van der Waals surface area contributed by atoms with Gasteiger partial charge in [-0.25, -0.2) is 8.42 Å². The molecule has 1 unspecified atom stereocenters. The minimum absolute atomic E-state index is 0.00000833. The van der Waals surface area contributed by atoms with Gasteiger partial charge in [-0.2, -0.15) is 0 Å². The summed E-state index contributed by atoms with van der Waals surface area (Å²) in [6, 6.07) is 12.4. The summed E-state index contributed by atoms with van der Waals surface area (Å²) >= 11 is 0. The van der Waals surface area contributed by atoms with Crippen LogP contribution in [0.15, 0.2) is 53.9 Å². The van der Waals surface area contributed by atoms with Gasteiger partial charge in [0.2, 0.25) is 0 Å². The number of anilines is 1. The van der Waals surface area contributed by atoms with E-state index in [9.17, 15) is 13.2 Å². The fourth-order valence-corrected chi connectivity index (χ4v) is 3.75. The van der Waals surface area contributed by atoms with Crippen LogP contribution in [0.4, 0.5) is 5.69 Å². The van der Waals surface area contributed by atoms with Crippen molar-refractivity contribution in [3.63, 3.8) is 0 Å². The lowest BCUT2D eigenvalue weighted by Gasteiger charge is -2.33. The molecule has 0 spiro atoms. The summed E-state index contributed by atoms with van der Waals surface area (Å²) in [4.78, 5) is 14.5. The molecule has 0 saturated carbocycles. The first-order valence-corrected chi connectivity index (χ1v) is 10.1. The van der Waals surface area contributed by atoms with Crippen LogP contribution in [-0.4, -0.2) is 26.2 Å². The molecular formula is C20H21NO4S. The third-order valence-electron chi connectivity index (χ3n) is 4.43. The highest BCUT2D eigenvalue weighted by Crippen LogP contribution is 2.37. The lowest BCUT2D eigenvalue weighted by Crippen LogP contribution is -2.44.